The first kappa shape index (κ1) is 29.2. The minimum absolute atomic E-state index is 0.163. The summed E-state index contributed by atoms with van der Waals surface area (Å²) in [5.41, 5.74) is 12.8. The number of para-hydroxylation sites is 1. The molecule has 188 valence electrons. The van der Waals surface area contributed by atoms with E-state index in [0.717, 1.165) is 38.5 Å². The summed E-state index contributed by atoms with van der Waals surface area (Å²) in [6.45, 7) is 2.14. The Hall–Kier alpha value is -3.87. The van der Waals surface area contributed by atoms with Crippen molar-refractivity contribution in [2.45, 2.75) is 58.3 Å². The van der Waals surface area contributed by atoms with Crippen LogP contribution >= 0.6 is 0 Å². The highest BCUT2D eigenvalue weighted by Gasteiger charge is 2.14. The predicted octanol–water partition coefficient (Wildman–Crippen LogP) is 5.43. The molecule has 0 bridgehead atoms. The Balaban J connectivity index is 2.21. The van der Waals surface area contributed by atoms with Crippen LogP contribution in [0.4, 0.5) is 0 Å². The highest BCUT2D eigenvalue weighted by molar-refractivity contribution is 5.98. The van der Waals surface area contributed by atoms with Crippen molar-refractivity contribution in [3.63, 3.8) is 0 Å². The van der Waals surface area contributed by atoms with Gasteiger partial charge in [0.15, 0.2) is 0 Å². The van der Waals surface area contributed by atoms with Crippen LogP contribution in [0.2, 0.25) is 0 Å². The molecule has 1 aromatic carbocycles. The minimum Gasteiger partial charge on any atom is -0.426 e. The van der Waals surface area contributed by atoms with Crippen LogP contribution in [-0.2, 0) is 4.79 Å². The van der Waals surface area contributed by atoms with E-state index in [1.54, 1.807) is 18.2 Å². The zero-order chi connectivity index (χ0) is 25.6. The maximum atomic E-state index is 12.1. The van der Waals surface area contributed by atoms with Crippen molar-refractivity contribution < 1.29 is 14.3 Å². The summed E-state index contributed by atoms with van der Waals surface area (Å²) in [6, 6.07) is 6.41. The summed E-state index contributed by atoms with van der Waals surface area (Å²) in [6.07, 6.45) is 28.0. The zero-order valence-corrected chi connectivity index (χ0v) is 20.6. The number of nitrogens with zero attached hydrogens (tertiary/aromatic N) is 1. The second kappa shape index (κ2) is 19.6. The lowest BCUT2D eigenvalue weighted by Gasteiger charge is -2.08. The number of amides is 1. The highest BCUT2D eigenvalue weighted by Crippen LogP contribution is 2.19. The molecule has 0 aliphatic rings. The van der Waals surface area contributed by atoms with Crippen LogP contribution in [0.1, 0.15) is 68.6 Å². The molecule has 7 heteroatoms. The molecule has 0 saturated carbocycles. The SMILES string of the molecule is CCC=CCC=CCC=CCC=CCC=CCCCC(=O)Oc1ccccc1C(=O)NN=C(N)N. The number of benzene rings is 1. The number of allylic oxidation sites excluding steroid dienone is 10. The number of nitrogens with two attached hydrogens (primary N) is 2. The lowest BCUT2D eigenvalue weighted by Crippen LogP contribution is -2.29. The van der Waals surface area contributed by atoms with E-state index in [0.29, 0.717) is 6.42 Å². The second-order valence-corrected chi connectivity index (χ2v) is 7.55. The number of hydrogen-bond acceptors (Lipinski definition) is 4. The molecule has 0 aliphatic heterocycles. The van der Waals surface area contributed by atoms with Crippen molar-refractivity contribution >= 4 is 17.8 Å². The Morgan fingerprint density at radius 3 is 1.97 bits per heavy atom. The van der Waals surface area contributed by atoms with E-state index in [4.69, 9.17) is 16.2 Å². The Morgan fingerprint density at radius 1 is 0.857 bits per heavy atom. The number of rotatable bonds is 16. The van der Waals surface area contributed by atoms with E-state index >= 15 is 0 Å². The van der Waals surface area contributed by atoms with Crippen molar-refractivity contribution in [2.24, 2.45) is 16.6 Å². The summed E-state index contributed by atoms with van der Waals surface area (Å²) >= 11 is 0. The standard InChI is InChI=1S/C28H38N4O3/c1-2-3-4-5-6-7-8-9-10-11-12-13-14-15-16-17-18-23-26(33)35-25-22-20-19-21-24(25)27(34)31-32-28(29)30/h3-4,6-7,9-10,12-13,15-16,19-22H,2,5,8,11,14,17-18,23H2,1H3,(H,31,34)(H4,29,30,32). The second-order valence-electron chi connectivity index (χ2n) is 7.55. The molecule has 7 nitrogen and oxygen atoms in total. The average Bonchev–Trinajstić information content (AvgIpc) is 2.84. The Morgan fingerprint density at radius 2 is 1.40 bits per heavy atom. The topological polar surface area (TPSA) is 120 Å². The molecule has 1 aromatic rings. The van der Waals surface area contributed by atoms with E-state index in [1.165, 1.54) is 6.07 Å². The largest absolute Gasteiger partial charge is 0.426 e. The van der Waals surface area contributed by atoms with Crippen molar-refractivity contribution in [1.29, 1.82) is 0 Å². The van der Waals surface area contributed by atoms with Gasteiger partial charge in [-0.15, -0.1) is 5.10 Å². The number of carbonyl (C=O) groups excluding carboxylic acids is 2. The Bertz CT molecular complexity index is 939. The first-order valence-electron chi connectivity index (χ1n) is 12.0. The van der Waals surface area contributed by atoms with E-state index in [-0.39, 0.29) is 23.7 Å². The average molecular weight is 479 g/mol. The van der Waals surface area contributed by atoms with Gasteiger partial charge in [-0.05, 0) is 57.1 Å². The molecule has 0 saturated heterocycles. The van der Waals surface area contributed by atoms with Crippen LogP contribution in [0.15, 0.2) is 90.1 Å². The molecular formula is C28H38N4O3. The Labute approximate surface area is 209 Å². The molecule has 35 heavy (non-hydrogen) atoms. The summed E-state index contributed by atoms with van der Waals surface area (Å²) < 4.78 is 5.34. The van der Waals surface area contributed by atoms with Gasteiger partial charge in [0.1, 0.15) is 5.75 Å². The van der Waals surface area contributed by atoms with Crippen LogP contribution < -0.4 is 21.6 Å². The monoisotopic (exact) mass is 478 g/mol. The molecule has 0 atom stereocenters. The molecule has 0 aliphatic carbocycles. The molecule has 5 N–H and O–H groups in total. The third kappa shape index (κ3) is 15.6. The van der Waals surface area contributed by atoms with Crippen LogP contribution in [0.3, 0.4) is 0 Å². The van der Waals surface area contributed by atoms with E-state index in [9.17, 15) is 9.59 Å². The van der Waals surface area contributed by atoms with Crippen LogP contribution in [0, 0.1) is 0 Å². The van der Waals surface area contributed by atoms with Crippen molar-refractivity contribution in [2.75, 3.05) is 0 Å². The maximum absolute atomic E-state index is 12.1. The lowest BCUT2D eigenvalue weighted by molar-refractivity contribution is -0.134. The number of hydrogen-bond donors (Lipinski definition) is 3. The summed E-state index contributed by atoms with van der Waals surface area (Å²) in [7, 11) is 0. The summed E-state index contributed by atoms with van der Waals surface area (Å²) in [5.74, 6) is -1.08. The predicted molar refractivity (Wildman–Crippen MR) is 144 cm³/mol. The van der Waals surface area contributed by atoms with Gasteiger partial charge in [-0.3, -0.25) is 9.59 Å². The zero-order valence-electron chi connectivity index (χ0n) is 20.6. The fraction of sp³-hybridized carbons (Fsp3) is 0.321. The number of hydrazone groups is 1. The van der Waals surface area contributed by atoms with Crippen molar-refractivity contribution in [1.82, 2.24) is 5.43 Å². The fourth-order valence-corrected chi connectivity index (χ4v) is 2.83. The van der Waals surface area contributed by atoms with Gasteiger partial charge < -0.3 is 16.2 Å². The summed E-state index contributed by atoms with van der Waals surface area (Å²) in [4.78, 5) is 24.3. The maximum Gasteiger partial charge on any atom is 0.311 e. The molecule has 0 spiro atoms. The van der Waals surface area contributed by atoms with Gasteiger partial charge in [0.2, 0.25) is 5.96 Å². The van der Waals surface area contributed by atoms with Gasteiger partial charge in [0.25, 0.3) is 5.91 Å². The van der Waals surface area contributed by atoms with Crippen LogP contribution in [0.5, 0.6) is 5.75 Å². The van der Waals surface area contributed by atoms with Crippen LogP contribution in [0.25, 0.3) is 0 Å². The first-order valence-corrected chi connectivity index (χ1v) is 12.0. The van der Waals surface area contributed by atoms with E-state index in [1.807, 2.05) is 0 Å². The highest BCUT2D eigenvalue weighted by atomic mass is 16.5. The van der Waals surface area contributed by atoms with E-state index in [2.05, 4.69) is 78.2 Å². The van der Waals surface area contributed by atoms with Gasteiger partial charge in [0, 0.05) is 6.42 Å². The number of ether oxygens (including phenoxy) is 1. The number of esters is 1. The molecule has 0 aromatic heterocycles. The van der Waals surface area contributed by atoms with Gasteiger partial charge >= 0.3 is 5.97 Å². The third-order valence-electron chi connectivity index (χ3n) is 4.55. The minimum atomic E-state index is -0.569. The quantitative estimate of drug-likeness (QED) is 0.0556. The molecule has 0 fully saturated rings. The molecular weight excluding hydrogens is 440 g/mol. The number of nitrogens with one attached hydrogen (secondary N) is 1. The summed E-state index contributed by atoms with van der Waals surface area (Å²) in [5, 5.41) is 3.46. The molecule has 1 amide bonds. The van der Waals surface area contributed by atoms with Gasteiger partial charge in [-0.2, -0.15) is 0 Å². The van der Waals surface area contributed by atoms with Crippen molar-refractivity contribution in [3.8, 4) is 5.75 Å². The molecule has 0 radical (unpaired) electrons. The molecule has 1 rings (SSSR count). The fourth-order valence-electron chi connectivity index (χ4n) is 2.83. The van der Waals surface area contributed by atoms with Gasteiger partial charge in [-0.25, -0.2) is 5.43 Å². The van der Waals surface area contributed by atoms with Gasteiger partial charge in [-0.1, -0.05) is 79.8 Å². The first-order chi connectivity index (χ1) is 17.0. The van der Waals surface area contributed by atoms with Crippen molar-refractivity contribution in [3.05, 3.63) is 90.6 Å². The van der Waals surface area contributed by atoms with Crippen LogP contribution in [-0.4, -0.2) is 17.8 Å². The molecule has 0 unspecified atom stereocenters. The smallest absolute Gasteiger partial charge is 0.311 e. The molecule has 0 heterocycles. The van der Waals surface area contributed by atoms with Gasteiger partial charge in [0.05, 0.1) is 5.56 Å². The normalized spacial score (nSPS) is 11.8. The number of guanidine groups is 1. The lowest BCUT2D eigenvalue weighted by atomic mass is 10.2. The Kier molecular flexibility index (Phi) is 16.3. The third-order valence-corrected chi connectivity index (χ3v) is 4.55. The van der Waals surface area contributed by atoms with E-state index < -0.39 is 11.9 Å². The number of unbranched alkanes of at least 4 members (excludes halogenated alkanes) is 1. The number of carbonyl (C=O) groups is 2.